The standard InChI is InChI=1S/C16H29NO3/c1-4-5-7-12(2)10-13(3)11-15(18)17-9-6-8-14(17)16(19)20/h12-14H,4-11H2,1-3H3,(H,19,20). The summed E-state index contributed by atoms with van der Waals surface area (Å²) < 4.78 is 0. The first-order valence-corrected chi connectivity index (χ1v) is 7.98. The van der Waals surface area contributed by atoms with Crippen molar-refractivity contribution in [3.63, 3.8) is 0 Å². The van der Waals surface area contributed by atoms with E-state index in [1.807, 2.05) is 0 Å². The molecule has 1 aliphatic heterocycles. The van der Waals surface area contributed by atoms with Gasteiger partial charge in [0, 0.05) is 13.0 Å². The van der Waals surface area contributed by atoms with Gasteiger partial charge in [0.15, 0.2) is 0 Å². The normalized spacial score (nSPS) is 21.8. The maximum Gasteiger partial charge on any atom is 0.326 e. The van der Waals surface area contributed by atoms with Gasteiger partial charge in [-0.25, -0.2) is 4.79 Å². The minimum atomic E-state index is -0.861. The molecule has 1 N–H and O–H groups in total. The largest absolute Gasteiger partial charge is 0.480 e. The van der Waals surface area contributed by atoms with Crippen LogP contribution in [0.4, 0.5) is 0 Å². The van der Waals surface area contributed by atoms with E-state index in [9.17, 15) is 9.59 Å². The van der Waals surface area contributed by atoms with Crippen molar-refractivity contribution in [3.05, 3.63) is 0 Å². The van der Waals surface area contributed by atoms with E-state index in [2.05, 4.69) is 20.8 Å². The predicted molar refractivity (Wildman–Crippen MR) is 79.5 cm³/mol. The van der Waals surface area contributed by atoms with Crippen LogP contribution in [0, 0.1) is 11.8 Å². The number of hydrogen-bond donors (Lipinski definition) is 1. The molecule has 1 fully saturated rings. The number of aliphatic carboxylic acids is 1. The van der Waals surface area contributed by atoms with E-state index >= 15 is 0 Å². The Hall–Kier alpha value is -1.06. The Balaban J connectivity index is 2.39. The Bertz CT molecular complexity index is 330. The molecule has 0 spiro atoms. The van der Waals surface area contributed by atoms with Gasteiger partial charge in [-0.2, -0.15) is 0 Å². The lowest BCUT2D eigenvalue weighted by molar-refractivity contribution is -0.148. The summed E-state index contributed by atoms with van der Waals surface area (Å²) in [6.07, 6.45) is 6.63. The molecule has 0 aromatic heterocycles. The maximum absolute atomic E-state index is 12.2. The van der Waals surface area contributed by atoms with Crippen molar-refractivity contribution < 1.29 is 14.7 Å². The second kappa shape index (κ2) is 8.28. The molecule has 0 bridgehead atoms. The molecule has 4 heteroatoms. The van der Waals surface area contributed by atoms with Crippen LogP contribution in [0.2, 0.25) is 0 Å². The quantitative estimate of drug-likeness (QED) is 0.743. The molecule has 0 aromatic carbocycles. The highest BCUT2D eigenvalue weighted by Crippen LogP contribution is 2.24. The molecule has 0 saturated carbocycles. The zero-order chi connectivity index (χ0) is 15.1. The average molecular weight is 283 g/mol. The molecule has 1 rings (SSSR count). The monoisotopic (exact) mass is 283 g/mol. The van der Waals surface area contributed by atoms with E-state index in [1.165, 1.54) is 19.3 Å². The van der Waals surface area contributed by atoms with E-state index in [1.54, 1.807) is 4.90 Å². The average Bonchev–Trinajstić information content (AvgIpc) is 2.85. The summed E-state index contributed by atoms with van der Waals surface area (Å²) in [6.45, 7) is 7.14. The van der Waals surface area contributed by atoms with Gasteiger partial charge < -0.3 is 10.0 Å². The smallest absolute Gasteiger partial charge is 0.326 e. The van der Waals surface area contributed by atoms with Crippen LogP contribution in [0.15, 0.2) is 0 Å². The van der Waals surface area contributed by atoms with Gasteiger partial charge in [-0.3, -0.25) is 4.79 Å². The molecule has 20 heavy (non-hydrogen) atoms. The second-order valence-electron chi connectivity index (χ2n) is 6.38. The molecule has 0 aliphatic carbocycles. The molecule has 0 radical (unpaired) electrons. The summed E-state index contributed by atoms with van der Waals surface area (Å²) in [5.74, 6) is 0.140. The Morgan fingerprint density at radius 1 is 1.30 bits per heavy atom. The Morgan fingerprint density at radius 3 is 2.60 bits per heavy atom. The first kappa shape index (κ1) is 17.0. The molecule has 116 valence electrons. The van der Waals surface area contributed by atoms with Gasteiger partial charge in [0.2, 0.25) is 5.91 Å². The second-order valence-corrected chi connectivity index (χ2v) is 6.38. The summed E-state index contributed by atoms with van der Waals surface area (Å²) >= 11 is 0. The van der Waals surface area contributed by atoms with Crippen molar-refractivity contribution in [2.45, 2.75) is 71.8 Å². The summed E-state index contributed by atoms with van der Waals surface area (Å²) in [6, 6.07) is -0.591. The van der Waals surface area contributed by atoms with E-state index < -0.39 is 12.0 Å². The van der Waals surface area contributed by atoms with Crippen LogP contribution in [-0.4, -0.2) is 34.5 Å². The number of carboxylic acid groups (broad SMARTS) is 1. The third-order valence-electron chi connectivity index (χ3n) is 4.24. The van der Waals surface area contributed by atoms with Gasteiger partial charge in [0.25, 0.3) is 0 Å². The van der Waals surface area contributed by atoms with Gasteiger partial charge in [-0.1, -0.05) is 40.0 Å². The minimum Gasteiger partial charge on any atom is -0.480 e. The van der Waals surface area contributed by atoms with Crippen molar-refractivity contribution in [2.24, 2.45) is 11.8 Å². The van der Waals surface area contributed by atoms with Crippen LogP contribution in [0.3, 0.4) is 0 Å². The Morgan fingerprint density at radius 2 is 2.00 bits per heavy atom. The third kappa shape index (κ3) is 5.14. The topological polar surface area (TPSA) is 57.6 Å². The molecule has 1 heterocycles. The van der Waals surface area contributed by atoms with Crippen molar-refractivity contribution >= 4 is 11.9 Å². The summed E-state index contributed by atoms with van der Waals surface area (Å²) in [7, 11) is 0. The van der Waals surface area contributed by atoms with Gasteiger partial charge in [-0.15, -0.1) is 0 Å². The minimum absolute atomic E-state index is 0.0186. The molecule has 1 amide bonds. The van der Waals surface area contributed by atoms with Crippen LogP contribution in [0.1, 0.15) is 65.7 Å². The number of likely N-dealkylation sites (tertiary alicyclic amines) is 1. The number of carboxylic acids is 1. The molecule has 1 saturated heterocycles. The summed E-state index contributed by atoms with van der Waals surface area (Å²) in [5.41, 5.74) is 0. The number of unbranched alkanes of at least 4 members (excludes halogenated alkanes) is 1. The Labute approximate surface area is 122 Å². The number of carbonyl (C=O) groups excluding carboxylic acids is 1. The van der Waals surface area contributed by atoms with Gasteiger partial charge in [0.05, 0.1) is 0 Å². The third-order valence-corrected chi connectivity index (χ3v) is 4.24. The molecular weight excluding hydrogens is 254 g/mol. The number of nitrogens with zero attached hydrogens (tertiary/aromatic N) is 1. The molecule has 0 aromatic rings. The van der Waals surface area contributed by atoms with Crippen LogP contribution >= 0.6 is 0 Å². The fraction of sp³-hybridized carbons (Fsp3) is 0.875. The first-order valence-electron chi connectivity index (χ1n) is 7.98. The number of hydrogen-bond acceptors (Lipinski definition) is 2. The highest BCUT2D eigenvalue weighted by Gasteiger charge is 2.34. The number of amides is 1. The van der Waals surface area contributed by atoms with E-state index in [-0.39, 0.29) is 5.91 Å². The lowest BCUT2D eigenvalue weighted by atomic mass is 9.91. The van der Waals surface area contributed by atoms with Gasteiger partial charge in [0.1, 0.15) is 6.04 Å². The summed E-state index contributed by atoms with van der Waals surface area (Å²) in [5, 5.41) is 9.12. The van der Waals surface area contributed by atoms with Crippen molar-refractivity contribution in [1.82, 2.24) is 4.90 Å². The van der Waals surface area contributed by atoms with Gasteiger partial charge in [-0.05, 0) is 31.1 Å². The van der Waals surface area contributed by atoms with E-state index in [4.69, 9.17) is 5.11 Å². The fourth-order valence-electron chi connectivity index (χ4n) is 3.18. The highest BCUT2D eigenvalue weighted by molar-refractivity contribution is 5.84. The fourth-order valence-corrected chi connectivity index (χ4v) is 3.18. The van der Waals surface area contributed by atoms with Crippen molar-refractivity contribution in [1.29, 1.82) is 0 Å². The van der Waals surface area contributed by atoms with Crippen LogP contribution < -0.4 is 0 Å². The number of carbonyl (C=O) groups is 2. The highest BCUT2D eigenvalue weighted by atomic mass is 16.4. The first-order chi connectivity index (χ1) is 9.45. The molecule has 1 aliphatic rings. The lowest BCUT2D eigenvalue weighted by Crippen LogP contribution is -2.41. The van der Waals surface area contributed by atoms with Crippen LogP contribution in [0.5, 0.6) is 0 Å². The van der Waals surface area contributed by atoms with E-state index in [0.717, 1.165) is 12.8 Å². The maximum atomic E-state index is 12.2. The number of rotatable bonds is 8. The molecule has 4 nitrogen and oxygen atoms in total. The van der Waals surface area contributed by atoms with Crippen LogP contribution in [0.25, 0.3) is 0 Å². The van der Waals surface area contributed by atoms with Gasteiger partial charge >= 0.3 is 5.97 Å². The lowest BCUT2D eigenvalue weighted by Gasteiger charge is -2.24. The molecule has 3 unspecified atom stereocenters. The zero-order valence-electron chi connectivity index (χ0n) is 13.1. The summed E-state index contributed by atoms with van der Waals surface area (Å²) in [4.78, 5) is 24.9. The zero-order valence-corrected chi connectivity index (χ0v) is 13.1. The SMILES string of the molecule is CCCCC(C)CC(C)CC(=O)N1CCCC1C(=O)O. The Kier molecular flexibility index (Phi) is 7.03. The molecular formula is C16H29NO3. The van der Waals surface area contributed by atoms with Crippen molar-refractivity contribution in [2.75, 3.05) is 6.54 Å². The van der Waals surface area contributed by atoms with Crippen LogP contribution in [-0.2, 0) is 9.59 Å². The predicted octanol–water partition coefficient (Wildman–Crippen LogP) is 3.30. The van der Waals surface area contributed by atoms with Crippen molar-refractivity contribution in [3.8, 4) is 0 Å². The molecule has 3 atom stereocenters. The van der Waals surface area contributed by atoms with E-state index in [0.29, 0.717) is 31.2 Å².